The molecule has 4 nitrogen and oxygen atoms in total. The van der Waals surface area contributed by atoms with Crippen LogP contribution in [0.15, 0.2) is 42.5 Å². The normalized spacial score (nSPS) is 9.95. The van der Waals surface area contributed by atoms with E-state index < -0.39 is 0 Å². The summed E-state index contributed by atoms with van der Waals surface area (Å²) in [4.78, 5) is 0. The number of hydrogen-bond donors (Lipinski definition) is 1. The fraction of sp³-hybridized carbons (Fsp3) is 0.235. The van der Waals surface area contributed by atoms with Gasteiger partial charge >= 0.3 is 0 Å². The monoisotopic (exact) mass is 282 g/mol. The van der Waals surface area contributed by atoms with Crippen molar-refractivity contribution in [1.82, 2.24) is 5.32 Å². The van der Waals surface area contributed by atoms with Crippen LogP contribution in [0.2, 0.25) is 0 Å². The van der Waals surface area contributed by atoms with Crippen LogP contribution in [0.4, 0.5) is 0 Å². The van der Waals surface area contributed by atoms with E-state index in [1.165, 1.54) is 0 Å². The van der Waals surface area contributed by atoms with Crippen molar-refractivity contribution in [3.63, 3.8) is 0 Å². The zero-order valence-electron chi connectivity index (χ0n) is 12.2. The number of benzene rings is 2. The summed E-state index contributed by atoms with van der Waals surface area (Å²) < 4.78 is 10.5. The number of ether oxygens (including phenoxy) is 2. The fourth-order valence-corrected chi connectivity index (χ4v) is 2.02. The Hall–Kier alpha value is -2.51. The Kier molecular flexibility index (Phi) is 5.19. The van der Waals surface area contributed by atoms with Gasteiger partial charge in [-0.2, -0.15) is 5.26 Å². The highest BCUT2D eigenvalue weighted by atomic mass is 16.5. The number of hydrogen-bond acceptors (Lipinski definition) is 4. The molecule has 4 heteroatoms. The molecule has 0 aliphatic carbocycles. The van der Waals surface area contributed by atoms with E-state index in [0.29, 0.717) is 12.1 Å². The van der Waals surface area contributed by atoms with Gasteiger partial charge in [-0.3, -0.25) is 0 Å². The quantitative estimate of drug-likeness (QED) is 0.885. The number of rotatable bonds is 6. The zero-order valence-corrected chi connectivity index (χ0v) is 12.2. The van der Waals surface area contributed by atoms with E-state index in [4.69, 9.17) is 14.7 Å². The molecular formula is C17H18N2O2. The smallest absolute Gasteiger partial charge is 0.122 e. The lowest BCUT2D eigenvalue weighted by Crippen LogP contribution is -2.12. The lowest BCUT2D eigenvalue weighted by molar-refractivity contribution is 0.393. The molecule has 21 heavy (non-hydrogen) atoms. The molecule has 2 aromatic rings. The third-order valence-corrected chi connectivity index (χ3v) is 3.15. The lowest BCUT2D eigenvalue weighted by Gasteiger charge is -2.09. The summed E-state index contributed by atoms with van der Waals surface area (Å²) in [6, 6.07) is 15.5. The average molecular weight is 282 g/mol. The summed E-state index contributed by atoms with van der Waals surface area (Å²) in [6.07, 6.45) is 0. The van der Waals surface area contributed by atoms with Crippen molar-refractivity contribution < 1.29 is 9.47 Å². The first-order valence-corrected chi connectivity index (χ1v) is 6.67. The van der Waals surface area contributed by atoms with Crippen LogP contribution in [0.25, 0.3) is 0 Å². The molecule has 0 bridgehead atoms. The summed E-state index contributed by atoms with van der Waals surface area (Å²) >= 11 is 0. The Bertz CT molecular complexity index is 608. The van der Waals surface area contributed by atoms with Crippen molar-refractivity contribution in [3.8, 4) is 17.6 Å². The first kappa shape index (κ1) is 14.9. The molecule has 2 rings (SSSR count). The Balaban J connectivity index is 1.94. The van der Waals surface area contributed by atoms with E-state index >= 15 is 0 Å². The maximum Gasteiger partial charge on any atom is 0.122 e. The predicted octanol–water partition coefficient (Wildman–Crippen LogP) is 2.87. The maximum absolute atomic E-state index is 8.76. The van der Waals surface area contributed by atoms with E-state index in [1.54, 1.807) is 14.2 Å². The zero-order chi connectivity index (χ0) is 15.1. The largest absolute Gasteiger partial charge is 0.497 e. The van der Waals surface area contributed by atoms with Crippen LogP contribution < -0.4 is 14.8 Å². The summed E-state index contributed by atoms with van der Waals surface area (Å²) in [5, 5.41) is 12.1. The molecule has 0 aliphatic rings. The van der Waals surface area contributed by atoms with Crippen LogP contribution in [0.3, 0.4) is 0 Å². The molecule has 108 valence electrons. The van der Waals surface area contributed by atoms with Crippen molar-refractivity contribution >= 4 is 0 Å². The third kappa shape index (κ3) is 4.23. The second kappa shape index (κ2) is 7.32. The second-order valence-electron chi connectivity index (χ2n) is 4.63. The van der Waals surface area contributed by atoms with Gasteiger partial charge in [0, 0.05) is 19.2 Å². The number of nitrogens with zero attached hydrogens (tertiary/aromatic N) is 1. The van der Waals surface area contributed by atoms with Crippen LogP contribution in [-0.2, 0) is 13.1 Å². The van der Waals surface area contributed by atoms with Crippen molar-refractivity contribution in [1.29, 1.82) is 5.26 Å². The first-order valence-electron chi connectivity index (χ1n) is 6.67. The van der Waals surface area contributed by atoms with Gasteiger partial charge in [0.15, 0.2) is 0 Å². The molecule has 1 N–H and O–H groups in total. The van der Waals surface area contributed by atoms with Crippen molar-refractivity contribution in [2.24, 2.45) is 0 Å². The molecule has 0 aromatic heterocycles. The molecule has 2 aromatic carbocycles. The highest BCUT2D eigenvalue weighted by Crippen LogP contribution is 2.22. The molecule has 0 aliphatic heterocycles. The van der Waals surface area contributed by atoms with Crippen molar-refractivity contribution in [2.45, 2.75) is 13.1 Å². The summed E-state index contributed by atoms with van der Waals surface area (Å²) in [5.74, 6) is 1.56. The first-order chi connectivity index (χ1) is 10.2. The Morgan fingerprint density at radius 2 is 1.48 bits per heavy atom. The summed E-state index contributed by atoms with van der Waals surface area (Å²) in [6.45, 7) is 1.46. The molecule has 0 heterocycles. The summed E-state index contributed by atoms with van der Waals surface area (Å²) in [7, 11) is 3.28. The molecule has 0 fully saturated rings. The SMILES string of the molecule is COc1cc(CNCc2ccc(C#N)cc2)cc(OC)c1. The van der Waals surface area contributed by atoms with E-state index in [2.05, 4.69) is 11.4 Å². The summed E-state index contributed by atoms with van der Waals surface area (Å²) in [5.41, 5.74) is 2.92. The maximum atomic E-state index is 8.76. The van der Waals surface area contributed by atoms with Gasteiger partial charge in [-0.25, -0.2) is 0 Å². The van der Waals surface area contributed by atoms with Gasteiger partial charge in [-0.1, -0.05) is 12.1 Å². The van der Waals surface area contributed by atoms with E-state index in [1.807, 2.05) is 42.5 Å². The van der Waals surface area contributed by atoms with Crippen LogP contribution in [-0.4, -0.2) is 14.2 Å². The molecule has 0 radical (unpaired) electrons. The van der Waals surface area contributed by atoms with Gasteiger partial charge in [0.25, 0.3) is 0 Å². The van der Waals surface area contributed by atoms with E-state index in [0.717, 1.165) is 29.2 Å². The third-order valence-electron chi connectivity index (χ3n) is 3.15. The minimum absolute atomic E-state index is 0.677. The average Bonchev–Trinajstić information content (AvgIpc) is 2.55. The highest BCUT2D eigenvalue weighted by molar-refractivity contribution is 5.38. The second-order valence-corrected chi connectivity index (χ2v) is 4.63. The minimum Gasteiger partial charge on any atom is -0.497 e. The number of methoxy groups -OCH3 is 2. The highest BCUT2D eigenvalue weighted by Gasteiger charge is 2.02. The topological polar surface area (TPSA) is 54.3 Å². The van der Waals surface area contributed by atoms with Crippen molar-refractivity contribution in [2.75, 3.05) is 14.2 Å². The van der Waals surface area contributed by atoms with E-state index in [-0.39, 0.29) is 0 Å². The van der Waals surface area contributed by atoms with Gasteiger partial charge in [0.05, 0.1) is 25.9 Å². The predicted molar refractivity (Wildman–Crippen MR) is 81.2 cm³/mol. The standard InChI is InChI=1S/C17H18N2O2/c1-20-16-7-15(8-17(9-16)21-2)12-19-11-14-5-3-13(10-18)4-6-14/h3-9,19H,11-12H2,1-2H3. The molecule has 0 saturated heterocycles. The van der Waals surface area contributed by atoms with E-state index in [9.17, 15) is 0 Å². The van der Waals surface area contributed by atoms with Crippen LogP contribution in [0, 0.1) is 11.3 Å². The van der Waals surface area contributed by atoms with Gasteiger partial charge in [-0.15, -0.1) is 0 Å². The Morgan fingerprint density at radius 1 is 0.905 bits per heavy atom. The fourth-order valence-electron chi connectivity index (χ4n) is 2.02. The Morgan fingerprint density at radius 3 is 2.00 bits per heavy atom. The Labute approximate surface area is 124 Å². The molecule has 0 amide bonds. The van der Waals surface area contributed by atoms with Gasteiger partial charge in [0.2, 0.25) is 0 Å². The number of nitrogens with one attached hydrogen (secondary N) is 1. The molecule has 0 unspecified atom stereocenters. The number of nitriles is 1. The molecule has 0 spiro atoms. The minimum atomic E-state index is 0.677. The molecular weight excluding hydrogens is 264 g/mol. The van der Waals surface area contributed by atoms with Gasteiger partial charge in [0.1, 0.15) is 11.5 Å². The molecule has 0 atom stereocenters. The van der Waals surface area contributed by atoms with Gasteiger partial charge in [-0.05, 0) is 35.4 Å². The van der Waals surface area contributed by atoms with Crippen molar-refractivity contribution in [3.05, 3.63) is 59.2 Å². The van der Waals surface area contributed by atoms with Gasteiger partial charge < -0.3 is 14.8 Å². The van der Waals surface area contributed by atoms with Crippen LogP contribution in [0.5, 0.6) is 11.5 Å². The van der Waals surface area contributed by atoms with Crippen LogP contribution >= 0.6 is 0 Å². The van der Waals surface area contributed by atoms with Crippen LogP contribution in [0.1, 0.15) is 16.7 Å². The molecule has 0 saturated carbocycles. The lowest BCUT2D eigenvalue weighted by atomic mass is 10.1.